The van der Waals surface area contributed by atoms with Crippen LogP contribution in [0, 0.1) is 0 Å². The number of hydrogen-bond donors (Lipinski definition) is 2. The Balaban J connectivity index is 1.55. The highest BCUT2D eigenvalue weighted by Crippen LogP contribution is 2.38. The molecular formula is C21H28ClF3N4O2. The first-order valence-corrected chi connectivity index (χ1v) is 10.9. The topological polar surface area (TPSA) is 92.7 Å². The molecule has 0 saturated carbocycles. The summed E-state index contributed by atoms with van der Waals surface area (Å²) >= 11 is 5.85. The standard InChI is InChI=1S/C21H28ClF3N4O2/c22-16-12-13(11-15(19(16)26)21(23,24)25)4-5-18(30)28-9-6-14(7-10-28)29-8-2-1-3-17(29)20(27)31/h11-12,14,17H,1-10,26H2,(H2,27,31)/t17-/m1/s1. The van der Waals surface area contributed by atoms with Crippen molar-refractivity contribution in [3.63, 3.8) is 0 Å². The number of carbonyl (C=O) groups is 2. The number of anilines is 1. The zero-order valence-corrected chi connectivity index (χ0v) is 18.0. The molecule has 31 heavy (non-hydrogen) atoms. The van der Waals surface area contributed by atoms with Crippen molar-refractivity contribution in [2.75, 3.05) is 25.4 Å². The van der Waals surface area contributed by atoms with Crippen molar-refractivity contribution in [1.29, 1.82) is 0 Å². The van der Waals surface area contributed by atoms with Crippen molar-refractivity contribution in [3.05, 3.63) is 28.3 Å². The maximum absolute atomic E-state index is 13.1. The second-order valence-electron chi connectivity index (χ2n) is 8.30. The number of likely N-dealkylation sites (tertiary alicyclic amines) is 2. The predicted octanol–water partition coefficient (Wildman–Crippen LogP) is 3.20. The molecule has 10 heteroatoms. The molecular weight excluding hydrogens is 433 g/mol. The Hall–Kier alpha value is -2.00. The minimum Gasteiger partial charge on any atom is -0.397 e. The van der Waals surface area contributed by atoms with Crippen LogP contribution in [0.3, 0.4) is 0 Å². The van der Waals surface area contributed by atoms with Gasteiger partial charge in [0.25, 0.3) is 0 Å². The molecule has 0 spiro atoms. The number of alkyl halides is 3. The van der Waals surface area contributed by atoms with Gasteiger partial charge in [0.15, 0.2) is 0 Å². The second-order valence-corrected chi connectivity index (χ2v) is 8.71. The molecule has 6 nitrogen and oxygen atoms in total. The van der Waals surface area contributed by atoms with Crippen LogP contribution in [0.15, 0.2) is 12.1 Å². The Labute approximate surface area is 184 Å². The number of hydrogen-bond acceptors (Lipinski definition) is 4. The normalized spacial score (nSPS) is 21.3. The van der Waals surface area contributed by atoms with Gasteiger partial charge in [-0.2, -0.15) is 13.2 Å². The van der Waals surface area contributed by atoms with E-state index in [0.717, 1.165) is 44.7 Å². The lowest BCUT2D eigenvalue weighted by Gasteiger charge is -2.43. The van der Waals surface area contributed by atoms with E-state index < -0.39 is 17.4 Å². The van der Waals surface area contributed by atoms with Crippen molar-refractivity contribution in [2.45, 2.75) is 63.2 Å². The number of primary amides is 1. The lowest BCUT2D eigenvalue weighted by atomic mass is 9.94. The van der Waals surface area contributed by atoms with E-state index >= 15 is 0 Å². The molecule has 2 heterocycles. The van der Waals surface area contributed by atoms with Crippen LogP contribution >= 0.6 is 11.6 Å². The van der Waals surface area contributed by atoms with E-state index in [1.165, 1.54) is 6.07 Å². The summed E-state index contributed by atoms with van der Waals surface area (Å²) in [6.45, 7) is 1.95. The largest absolute Gasteiger partial charge is 0.418 e. The molecule has 0 bridgehead atoms. The number of piperidine rings is 2. The van der Waals surface area contributed by atoms with Crippen LogP contribution in [0.5, 0.6) is 0 Å². The first-order valence-electron chi connectivity index (χ1n) is 10.6. The number of rotatable bonds is 5. The summed E-state index contributed by atoms with van der Waals surface area (Å²) in [7, 11) is 0. The molecule has 172 valence electrons. The number of aryl methyl sites for hydroxylation is 1. The van der Waals surface area contributed by atoms with E-state index in [2.05, 4.69) is 4.90 Å². The second kappa shape index (κ2) is 9.65. The highest BCUT2D eigenvalue weighted by atomic mass is 35.5. The van der Waals surface area contributed by atoms with Crippen LogP contribution in [0.4, 0.5) is 18.9 Å². The molecule has 3 rings (SSSR count). The fourth-order valence-corrected chi connectivity index (χ4v) is 4.85. The molecule has 2 aliphatic rings. The Kier molecular flexibility index (Phi) is 7.36. The quantitative estimate of drug-likeness (QED) is 0.660. The number of nitrogen functional groups attached to an aromatic ring is 1. The van der Waals surface area contributed by atoms with Crippen molar-refractivity contribution in [1.82, 2.24) is 9.80 Å². The van der Waals surface area contributed by atoms with E-state index in [1.54, 1.807) is 4.90 Å². The van der Waals surface area contributed by atoms with Gasteiger partial charge >= 0.3 is 6.18 Å². The van der Waals surface area contributed by atoms with Crippen molar-refractivity contribution in [2.24, 2.45) is 5.73 Å². The molecule has 2 saturated heterocycles. The summed E-state index contributed by atoms with van der Waals surface area (Å²) in [5.74, 6) is -0.399. The van der Waals surface area contributed by atoms with E-state index in [1.807, 2.05) is 0 Å². The third-order valence-corrected chi connectivity index (χ3v) is 6.59. The van der Waals surface area contributed by atoms with Gasteiger partial charge in [-0.25, -0.2) is 0 Å². The minimum absolute atomic E-state index is 0.0931. The lowest BCUT2D eigenvalue weighted by molar-refractivity contribution is -0.137. The highest BCUT2D eigenvalue weighted by Gasteiger charge is 2.36. The number of halogens is 4. The van der Waals surface area contributed by atoms with E-state index in [0.29, 0.717) is 18.7 Å². The van der Waals surface area contributed by atoms with Crippen LogP contribution in [0.25, 0.3) is 0 Å². The van der Waals surface area contributed by atoms with Gasteiger partial charge in [-0.15, -0.1) is 0 Å². The van der Waals surface area contributed by atoms with Crippen LogP contribution < -0.4 is 11.5 Å². The zero-order valence-electron chi connectivity index (χ0n) is 17.3. The molecule has 2 amide bonds. The maximum atomic E-state index is 13.1. The fraction of sp³-hybridized carbons (Fsp3) is 0.619. The highest BCUT2D eigenvalue weighted by molar-refractivity contribution is 6.33. The van der Waals surface area contributed by atoms with Crippen LogP contribution in [-0.2, 0) is 22.2 Å². The van der Waals surface area contributed by atoms with E-state index in [4.69, 9.17) is 23.1 Å². The van der Waals surface area contributed by atoms with Gasteiger partial charge < -0.3 is 16.4 Å². The SMILES string of the molecule is NC(=O)[C@H]1CCCCN1C1CCN(C(=O)CCc2cc(Cl)c(N)c(C(F)(F)F)c2)CC1. The molecule has 0 aromatic heterocycles. The molecule has 0 radical (unpaired) electrons. The average Bonchev–Trinajstić information content (AvgIpc) is 2.73. The summed E-state index contributed by atoms with van der Waals surface area (Å²) in [6.07, 6.45) is -0.0541. The van der Waals surface area contributed by atoms with Gasteiger partial charge in [0.1, 0.15) is 0 Å². The molecule has 1 aromatic carbocycles. The number of amides is 2. The van der Waals surface area contributed by atoms with Gasteiger partial charge in [0, 0.05) is 25.6 Å². The number of nitrogens with zero attached hydrogens (tertiary/aromatic N) is 2. The summed E-state index contributed by atoms with van der Waals surface area (Å²) in [6, 6.07) is 2.32. The first kappa shape index (κ1) is 23.7. The Morgan fingerprint density at radius 1 is 1.10 bits per heavy atom. The third kappa shape index (κ3) is 5.63. The fourth-order valence-electron chi connectivity index (χ4n) is 4.61. The predicted molar refractivity (Wildman–Crippen MR) is 112 cm³/mol. The van der Waals surface area contributed by atoms with Crippen LogP contribution in [0.2, 0.25) is 5.02 Å². The third-order valence-electron chi connectivity index (χ3n) is 6.28. The van der Waals surface area contributed by atoms with Crippen LogP contribution in [-0.4, -0.2) is 53.3 Å². The zero-order chi connectivity index (χ0) is 22.8. The average molecular weight is 461 g/mol. The van der Waals surface area contributed by atoms with Crippen molar-refractivity contribution >= 4 is 29.1 Å². The molecule has 4 N–H and O–H groups in total. The van der Waals surface area contributed by atoms with Gasteiger partial charge in [-0.3, -0.25) is 14.5 Å². The Morgan fingerprint density at radius 2 is 1.77 bits per heavy atom. The molecule has 0 aliphatic carbocycles. The monoisotopic (exact) mass is 460 g/mol. The van der Waals surface area contributed by atoms with Gasteiger partial charge in [-0.05, 0) is 56.3 Å². The van der Waals surface area contributed by atoms with E-state index in [9.17, 15) is 22.8 Å². The van der Waals surface area contributed by atoms with E-state index in [-0.39, 0.29) is 41.8 Å². The van der Waals surface area contributed by atoms with Crippen molar-refractivity contribution < 1.29 is 22.8 Å². The molecule has 0 unspecified atom stereocenters. The summed E-state index contributed by atoms with van der Waals surface area (Å²) in [5, 5.41) is -0.163. The maximum Gasteiger partial charge on any atom is 0.418 e. The summed E-state index contributed by atoms with van der Waals surface area (Å²) in [5.41, 5.74) is 9.86. The summed E-state index contributed by atoms with van der Waals surface area (Å²) in [4.78, 5) is 28.3. The summed E-state index contributed by atoms with van der Waals surface area (Å²) < 4.78 is 39.4. The van der Waals surface area contributed by atoms with Gasteiger partial charge in [-0.1, -0.05) is 18.0 Å². The number of benzene rings is 1. The van der Waals surface area contributed by atoms with Crippen molar-refractivity contribution in [3.8, 4) is 0 Å². The first-order chi connectivity index (χ1) is 14.6. The molecule has 1 aromatic rings. The van der Waals surface area contributed by atoms with Gasteiger partial charge in [0.05, 0.1) is 22.3 Å². The Bertz CT molecular complexity index is 826. The smallest absolute Gasteiger partial charge is 0.397 e. The number of carbonyl (C=O) groups excluding carboxylic acids is 2. The Morgan fingerprint density at radius 3 is 2.39 bits per heavy atom. The number of nitrogens with two attached hydrogens (primary N) is 2. The van der Waals surface area contributed by atoms with Gasteiger partial charge in [0.2, 0.25) is 11.8 Å². The molecule has 1 atom stereocenters. The lowest BCUT2D eigenvalue weighted by Crippen LogP contribution is -2.55. The molecule has 2 aliphatic heterocycles. The molecule has 2 fully saturated rings. The van der Waals surface area contributed by atoms with Crippen LogP contribution in [0.1, 0.15) is 49.7 Å². The minimum atomic E-state index is -4.60.